The zero-order chi connectivity index (χ0) is 18.3. The molecule has 0 unspecified atom stereocenters. The first-order valence-corrected chi connectivity index (χ1v) is 8.20. The zero-order valence-electron chi connectivity index (χ0n) is 12.6. The Kier molecular flexibility index (Phi) is 4.75. The molecule has 0 saturated heterocycles. The number of aromatic nitrogens is 2. The lowest BCUT2D eigenvalue weighted by Gasteiger charge is -2.17. The van der Waals surface area contributed by atoms with Crippen LogP contribution in [-0.2, 0) is 6.54 Å². The van der Waals surface area contributed by atoms with Gasteiger partial charge in [-0.15, -0.1) is 0 Å². The maximum atomic E-state index is 14.4. The minimum Gasteiger partial charge on any atom is -0.363 e. The average molecular weight is 434 g/mol. The molecule has 0 aliphatic rings. The van der Waals surface area contributed by atoms with Crippen LogP contribution in [0.4, 0.5) is 13.2 Å². The summed E-state index contributed by atoms with van der Waals surface area (Å²) in [5.74, 6) is -3.37. The lowest BCUT2D eigenvalue weighted by atomic mass is 10.0. The topological polar surface area (TPSA) is 48.0 Å². The molecule has 2 aromatic heterocycles. The third-order valence-electron chi connectivity index (χ3n) is 3.59. The van der Waals surface area contributed by atoms with Crippen molar-refractivity contribution in [2.75, 3.05) is 0 Å². The van der Waals surface area contributed by atoms with Gasteiger partial charge in [-0.05, 0) is 28.9 Å². The highest BCUT2D eigenvalue weighted by atomic mass is 79.9. The van der Waals surface area contributed by atoms with Gasteiger partial charge in [-0.2, -0.15) is 0 Å². The van der Waals surface area contributed by atoms with Crippen molar-refractivity contribution in [3.63, 3.8) is 0 Å². The molecule has 0 bridgehead atoms. The summed E-state index contributed by atoms with van der Waals surface area (Å²) < 4.78 is 48.4. The van der Waals surface area contributed by atoms with Gasteiger partial charge in [0.1, 0.15) is 34.4 Å². The van der Waals surface area contributed by atoms with E-state index >= 15 is 0 Å². The van der Waals surface area contributed by atoms with Crippen molar-refractivity contribution in [1.82, 2.24) is 9.72 Å². The van der Waals surface area contributed by atoms with Crippen LogP contribution in [-0.4, -0.2) is 9.72 Å². The maximum absolute atomic E-state index is 14.4. The summed E-state index contributed by atoms with van der Waals surface area (Å²) in [4.78, 5) is 12.3. The molecule has 0 fully saturated rings. The lowest BCUT2D eigenvalue weighted by Crippen LogP contribution is -2.23. The molecule has 3 aromatic rings. The molecule has 9 heteroatoms. The van der Waals surface area contributed by atoms with Gasteiger partial charge in [0.05, 0.1) is 15.7 Å². The van der Waals surface area contributed by atoms with Crippen molar-refractivity contribution in [1.29, 1.82) is 0 Å². The van der Waals surface area contributed by atoms with Crippen molar-refractivity contribution in [2.24, 2.45) is 0 Å². The third-order valence-corrected chi connectivity index (χ3v) is 4.42. The minimum absolute atomic E-state index is 0.0768. The van der Waals surface area contributed by atoms with E-state index in [4.69, 9.17) is 16.1 Å². The summed E-state index contributed by atoms with van der Waals surface area (Å²) in [7, 11) is 0. The van der Waals surface area contributed by atoms with Crippen molar-refractivity contribution < 1.29 is 17.7 Å². The second-order valence-corrected chi connectivity index (χ2v) is 6.32. The molecule has 130 valence electrons. The van der Waals surface area contributed by atoms with Crippen LogP contribution in [0.15, 0.2) is 38.3 Å². The Hall–Kier alpha value is -2.06. The Morgan fingerprint density at radius 2 is 1.88 bits per heavy atom. The molecular weight excluding hydrogens is 425 g/mol. The SMILES string of the molecule is CCn1c(-c2c(F)cc(F)cc2F)c(-c2nocc2Br)cc(Cl)c1=O. The van der Waals surface area contributed by atoms with E-state index < -0.39 is 28.6 Å². The van der Waals surface area contributed by atoms with Crippen LogP contribution in [0, 0.1) is 17.5 Å². The highest BCUT2D eigenvalue weighted by Gasteiger charge is 2.25. The molecular formula is C16H9BrClF3N2O2. The maximum Gasteiger partial charge on any atom is 0.269 e. The number of benzene rings is 1. The van der Waals surface area contributed by atoms with Crippen LogP contribution in [0.25, 0.3) is 22.5 Å². The number of halogens is 5. The Morgan fingerprint density at radius 3 is 2.40 bits per heavy atom. The molecule has 3 rings (SSSR count). The minimum atomic E-state index is -1.15. The van der Waals surface area contributed by atoms with Crippen molar-refractivity contribution in [3.8, 4) is 22.5 Å². The summed E-state index contributed by atoms with van der Waals surface area (Å²) >= 11 is 9.19. The van der Waals surface area contributed by atoms with E-state index in [0.29, 0.717) is 16.6 Å². The van der Waals surface area contributed by atoms with Gasteiger partial charge in [-0.3, -0.25) is 4.79 Å². The van der Waals surface area contributed by atoms with Gasteiger partial charge in [0, 0.05) is 24.2 Å². The predicted octanol–water partition coefficient (Wildman–Crippen LogP) is 5.02. The first-order valence-electron chi connectivity index (χ1n) is 7.03. The molecule has 0 atom stereocenters. The van der Waals surface area contributed by atoms with Gasteiger partial charge >= 0.3 is 0 Å². The van der Waals surface area contributed by atoms with Gasteiger partial charge < -0.3 is 9.09 Å². The number of hydrogen-bond acceptors (Lipinski definition) is 3. The smallest absolute Gasteiger partial charge is 0.269 e. The fourth-order valence-electron chi connectivity index (χ4n) is 2.56. The largest absolute Gasteiger partial charge is 0.363 e. The van der Waals surface area contributed by atoms with Crippen LogP contribution in [0.1, 0.15) is 6.92 Å². The van der Waals surface area contributed by atoms with Crippen LogP contribution in [0.2, 0.25) is 5.02 Å². The van der Waals surface area contributed by atoms with E-state index in [-0.39, 0.29) is 28.5 Å². The van der Waals surface area contributed by atoms with Crippen LogP contribution < -0.4 is 5.56 Å². The fraction of sp³-hybridized carbons (Fsp3) is 0.125. The molecule has 0 radical (unpaired) electrons. The Morgan fingerprint density at radius 1 is 1.24 bits per heavy atom. The van der Waals surface area contributed by atoms with E-state index in [9.17, 15) is 18.0 Å². The summed E-state index contributed by atoms with van der Waals surface area (Å²) in [6, 6.07) is 2.33. The highest BCUT2D eigenvalue weighted by Crippen LogP contribution is 2.38. The molecule has 2 heterocycles. The normalized spacial score (nSPS) is 11.1. The number of rotatable bonds is 3. The molecule has 0 aliphatic heterocycles. The van der Waals surface area contributed by atoms with E-state index in [1.165, 1.54) is 12.3 Å². The third kappa shape index (κ3) is 3.00. The monoisotopic (exact) mass is 432 g/mol. The Bertz CT molecular complexity index is 1010. The van der Waals surface area contributed by atoms with Gasteiger partial charge in [-0.1, -0.05) is 16.8 Å². The quantitative estimate of drug-likeness (QED) is 0.582. The lowest BCUT2D eigenvalue weighted by molar-refractivity contribution is 0.421. The number of pyridine rings is 1. The Labute approximate surface area is 152 Å². The predicted molar refractivity (Wildman–Crippen MR) is 89.9 cm³/mol. The standard InChI is InChI=1S/C16H9BrClF3N2O2/c1-2-23-15(13-11(20)3-7(19)4-12(13)21)8(5-10(18)16(23)24)14-9(17)6-25-22-14/h3-6H,2H2,1H3. The Balaban J connectivity index is 2.50. The highest BCUT2D eigenvalue weighted by molar-refractivity contribution is 9.10. The summed E-state index contributed by atoms with van der Waals surface area (Å²) in [6.07, 6.45) is 1.27. The first kappa shape index (κ1) is 17.8. The number of nitrogens with zero attached hydrogens (tertiary/aromatic N) is 2. The van der Waals surface area contributed by atoms with Gasteiger partial charge in [0.15, 0.2) is 0 Å². The summed E-state index contributed by atoms with van der Waals surface area (Å²) in [6.45, 7) is 1.69. The molecule has 25 heavy (non-hydrogen) atoms. The van der Waals surface area contributed by atoms with Crippen LogP contribution >= 0.6 is 27.5 Å². The summed E-state index contributed by atoms with van der Waals surface area (Å²) in [5, 5.41) is 3.63. The molecule has 0 saturated carbocycles. The second kappa shape index (κ2) is 6.68. The van der Waals surface area contributed by atoms with E-state index in [2.05, 4.69) is 21.1 Å². The van der Waals surface area contributed by atoms with E-state index in [1.54, 1.807) is 6.92 Å². The van der Waals surface area contributed by atoms with Crippen molar-refractivity contribution >= 4 is 27.5 Å². The second-order valence-electron chi connectivity index (χ2n) is 5.06. The molecule has 1 aromatic carbocycles. The molecule has 0 spiro atoms. The first-order chi connectivity index (χ1) is 11.8. The van der Waals surface area contributed by atoms with Gasteiger partial charge in [0.2, 0.25) is 0 Å². The van der Waals surface area contributed by atoms with Crippen LogP contribution in [0.5, 0.6) is 0 Å². The number of hydrogen-bond donors (Lipinski definition) is 0. The van der Waals surface area contributed by atoms with Gasteiger partial charge in [0.25, 0.3) is 5.56 Å². The van der Waals surface area contributed by atoms with Crippen molar-refractivity contribution in [3.05, 3.63) is 61.8 Å². The van der Waals surface area contributed by atoms with E-state index in [0.717, 1.165) is 4.57 Å². The van der Waals surface area contributed by atoms with Crippen LogP contribution in [0.3, 0.4) is 0 Å². The average Bonchev–Trinajstić information content (AvgIpc) is 2.95. The molecule has 4 nitrogen and oxygen atoms in total. The van der Waals surface area contributed by atoms with E-state index in [1.807, 2.05) is 0 Å². The zero-order valence-corrected chi connectivity index (χ0v) is 15.0. The molecule has 0 N–H and O–H groups in total. The van der Waals surface area contributed by atoms with Gasteiger partial charge in [-0.25, -0.2) is 13.2 Å². The summed E-state index contributed by atoms with van der Waals surface area (Å²) in [5.41, 5.74) is -0.937. The van der Waals surface area contributed by atoms with Crippen molar-refractivity contribution in [2.45, 2.75) is 13.5 Å². The molecule has 0 aliphatic carbocycles. The fourth-order valence-corrected chi connectivity index (χ4v) is 3.14. The molecule has 0 amide bonds.